The minimum atomic E-state index is 0.374. The average Bonchev–Trinajstić information content (AvgIpc) is 2.59. The van der Waals surface area contributed by atoms with Gasteiger partial charge in [0.15, 0.2) is 0 Å². The van der Waals surface area contributed by atoms with Crippen LogP contribution >= 0.6 is 0 Å². The van der Waals surface area contributed by atoms with E-state index in [0.29, 0.717) is 5.54 Å². The molecule has 0 saturated carbocycles. The fourth-order valence-corrected chi connectivity index (χ4v) is 2.96. The summed E-state index contributed by atoms with van der Waals surface area (Å²) in [5, 5.41) is 0. The van der Waals surface area contributed by atoms with Crippen molar-refractivity contribution in [1.29, 1.82) is 0 Å². The minimum absolute atomic E-state index is 0.374. The molecule has 2 aliphatic heterocycles. The van der Waals surface area contributed by atoms with Crippen LogP contribution in [-0.2, 0) is 0 Å². The molecule has 0 unspecified atom stereocenters. The van der Waals surface area contributed by atoms with Crippen molar-refractivity contribution >= 4 is 0 Å². The van der Waals surface area contributed by atoms with Gasteiger partial charge in [-0.15, -0.1) is 0 Å². The Balaban J connectivity index is 2.03. The Kier molecular flexibility index (Phi) is 2.16. The van der Waals surface area contributed by atoms with Gasteiger partial charge in [-0.05, 0) is 33.7 Å². The van der Waals surface area contributed by atoms with Crippen molar-refractivity contribution in [2.45, 2.75) is 51.7 Å². The molecule has 0 spiro atoms. The molecule has 2 heterocycles. The number of likely N-dealkylation sites (N-methyl/N-ethyl adjacent to an activating group) is 1. The smallest absolute Gasteiger partial charge is 0.0244 e. The van der Waals surface area contributed by atoms with E-state index in [1.54, 1.807) is 0 Å². The average molecular weight is 182 g/mol. The molecule has 2 aliphatic rings. The van der Waals surface area contributed by atoms with Crippen molar-refractivity contribution in [3.63, 3.8) is 0 Å². The molecule has 2 saturated heterocycles. The maximum atomic E-state index is 2.68. The van der Waals surface area contributed by atoms with Crippen molar-refractivity contribution in [2.24, 2.45) is 0 Å². The lowest BCUT2D eigenvalue weighted by Gasteiger charge is -2.41. The van der Waals surface area contributed by atoms with E-state index < -0.39 is 0 Å². The zero-order chi connectivity index (χ0) is 9.64. The van der Waals surface area contributed by atoms with Gasteiger partial charge in [-0.3, -0.25) is 9.80 Å². The van der Waals surface area contributed by atoms with Crippen LogP contribution in [0.4, 0.5) is 0 Å². The van der Waals surface area contributed by atoms with Crippen molar-refractivity contribution in [2.75, 3.05) is 19.6 Å². The van der Waals surface area contributed by atoms with E-state index in [0.717, 1.165) is 12.1 Å². The Bertz CT molecular complexity index is 195. The first-order valence-electron chi connectivity index (χ1n) is 5.53. The van der Waals surface area contributed by atoms with E-state index in [4.69, 9.17) is 0 Å². The SMILES string of the molecule is CCN1C[C@@H]2C[C@H]1CN2C(C)(C)C. The lowest BCUT2D eigenvalue weighted by atomic mass is 10.0. The topological polar surface area (TPSA) is 6.48 Å². The first-order valence-corrected chi connectivity index (χ1v) is 5.53. The van der Waals surface area contributed by atoms with Crippen LogP contribution in [0.15, 0.2) is 0 Å². The second-order valence-electron chi connectivity index (χ2n) is 5.45. The van der Waals surface area contributed by atoms with Crippen molar-refractivity contribution < 1.29 is 0 Å². The summed E-state index contributed by atoms with van der Waals surface area (Å²) in [5.74, 6) is 0. The largest absolute Gasteiger partial charge is 0.298 e. The van der Waals surface area contributed by atoms with Crippen LogP contribution in [0.3, 0.4) is 0 Å². The monoisotopic (exact) mass is 182 g/mol. The Morgan fingerprint density at radius 3 is 2.23 bits per heavy atom. The zero-order valence-corrected chi connectivity index (χ0v) is 9.38. The highest BCUT2D eigenvalue weighted by Gasteiger charge is 2.45. The summed E-state index contributed by atoms with van der Waals surface area (Å²) in [6, 6.07) is 1.69. The zero-order valence-electron chi connectivity index (χ0n) is 9.38. The highest BCUT2D eigenvalue weighted by molar-refractivity contribution is 5.02. The third-order valence-electron chi connectivity index (χ3n) is 3.62. The molecule has 0 N–H and O–H groups in total. The fraction of sp³-hybridized carbons (Fsp3) is 1.00. The van der Waals surface area contributed by atoms with Crippen molar-refractivity contribution in [1.82, 2.24) is 9.80 Å². The fourth-order valence-electron chi connectivity index (χ4n) is 2.96. The van der Waals surface area contributed by atoms with Crippen molar-refractivity contribution in [3.8, 4) is 0 Å². The molecule has 0 aromatic carbocycles. The van der Waals surface area contributed by atoms with E-state index in [2.05, 4.69) is 37.5 Å². The number of piperazine rings is 1. The summed E-state index contributed by atoms with van der Waals surface area (Å²) >= 11 is 0. The summed E-state index contributed by atoms with van der Waals surface area (Å²) in [6.45, 7) is 13.1. The van der Waals surface area contributed by atoms with Gasteiger partial charge in [0, 0.05) is 30.7 Å². The molecule has 76 valence electrons. The number of likely N-dealkylation sites (tertiary alicyclic amines) is 2. The summed E-state index contributed by atoms with van der Waals surface area (Å²) in [7, 11) is 0. The molecule has 2 atom stereocenters. The molecule has 2 rings (SSSR count). The Hall–Kier alpha value is -0.0800. The normalized spacial score (nSPS) is 36.0. The van der Waals surface area contributed by atoms with Crippen LogP contribution in [-0.4, -0.2) is 47.1 Å². The molecule has 2 fully saturated rings. The highest BCUT2D eigenvalue weighted by Crippen LogP contribution is 2.34. The van der Waals surface area contributed by atoms with Crippen LogP contribution in [0.2, 0.25) is 0 Å². The van der Waals surface area contributed by atoms with Gasteiger partial charge >= 0.3 is 0 Å². The van der Waals surface area contributed by atoms with Crippen LogP contribution < -0.4 is 0 Å². The van der Waals surface area contributed by atoms with Crippen LogP contribution in [0, 0.1) is 0 Å². The predicted octanol–water partition coefficient (Wildman–Crippen LogP) is 1.56. The van der Waals surface area contributed by atoms with E-state index in [-0.39, 0.29) is 0 Å². The molecule has 0 aromatic heterocycles. The summed E-state index contributed by atoms with van der Waals surface area (Å²) < 4.78 is 0. The van der Waals surface area contributed by atoms with Gasteiger partial charge < -0.3 is 0 Å². The molecule has 0 aliphatic carbocycles. The van der Waals surface area contributed by atoms with Crippen molar-refractivity contribution in [3.05, 3.63) is 0 Å². The number of rotatable bonds is 1. The molecule has 13 heavy (non-hydrogen) atoms. The van der Waals surface area contributed by atoms with Gasteiger partial charge in [-0.1, -0.05) is 6.92 Å². The first-order chi connectivity index (χ1) is 6.02. The number of fused-ring (bicyclic) bond motifs is 2. The molecule has 0 radical (unpaired) electrons. The molecule has 2 nitrogen and oxygen atoms in total. The van der Waals surface area contributed by atoms with E-state index in [1.165, 1.54) is 26.1 Å². The lowest BCUT2D eigenvalue weighted by Crippen LogP contribution is -2.53. The third-order valence-corrected chi connectivity index (χ3v) is 3.62. The molecule has 0 amide bonds. The van der Waals surface area contributed by atoms with E-state index >= 15 is 0 Å². The van der Waals surface area contributed by atoms with Crippen LogP contribution in [0.1, 0.15) is 34.1 Å². The van der Waals surface area contributed by atoms with Gasteiger partial charge in [0.2, 0.25) is 0 Å². The summed E-state index contributed by atoms with van der Waals surface area (Å²) in [4.78, 5) is 5.32. The van der Waals surface area contributed by atoms with Crippen LogP contribution in [0.5, 0.6) is 0 Å². The van der Waals surface area contributed by atoms with Crippen LogP contribution in [0.25, 0.3) is 0 Å². The Labute approximate surface area is 81.9 Å². The maximum Gasteiger partial charge on any atom is 0.0244 e. The van der Waals surface area contributed by atoms with Gasteiger partial charge in [-0.25, -0.2) is 0 Å². The van der Waals surface area contributed by atoms with E-state index in [1.807, 2.05) is 0 Å². The standard InChI is InChI=1S/C11H22N2/c1-5-12-7-10-6-9(12)8-13(10)11(2,3)4/h9-10H,5-8H2,1-4H3/t9-,10-/m0/s1. The highest BCUT2D eigenvalue weighted by atomic mass is 15.4. The molecular weight excluding hydrogens is 160 g/mol. The Morgan fingerprint density at radius 2 is 1.85 bits per heavy atom. The third kappa shape index (κ3) is 1.50. The first kappa shape index (κ1) is 9.47. The van der Waals surface area contributed by atoms with Gasteiger partial charge in [0.25, 0.3) is 0 Å². The second-order valence-corrected chi connectivity index (χ2v) is 5.45. The predicted molar refractivity (Wildman–Crippen MR) is 55.9 cm³/mol. The maximum absolute atomic E-state index is 2.68. The molecule has 2 bridgehead atoms. The summed E-state index contributed by atoms with van der Waals surface area (Å²) in [5.41, 5.74) is 0.374. The van der Waals surface area contributed by atoms with Gasteiger partial charge in [-0.2, -0.15) is 0 Å². The second kappa shape index (κ2) is 2.96. The minimum Gasteiger partial charge on any atom is -0.298 e. The Morgan fingerprint density at radius 1 is 1.15 bits per heavy atom. The number of hydrogen-bond acceptors (Lipinski definition) is 2. The summed E-state index contributed by atoms with van der Waals surface area (Å²) in [6.07, 6.45) is 1.41. The molecule has 0 aromatic rings. The van der Waals surface area contributed by atoms with Gasteiger partial charge in [0.05, 0.1) is 0 Å². The number of hydrogen-bond donors (Lipinski definition) is 0. The molecule has 2 heteroatoms. The number of nitrogens with zero attached hydrogens (tertiary/aromatic N) is 2. The van der Waals surface area contributed by atoms with E-state index in [9.17, 15) is 0 Å². The van der Waals surface area contributed by atoms with Gasteiger partial charge in [0.1, 0.15) is 0 Å². The quantitative estimate of drug-likeness (QED) is 0.607. The molecular formula is C11H22N2. The lowest BCUT2D eigenvalue weighted by molar-refractivity contribution is 0.0597.